The molecule has 0 amide bonds. The fourth-order valence-corrected chi connectivity index (χ4v) is 3.67. The molecule has 0 spiro atoms. The molecule has 1 fully saturated rings. The third kappa shape index (κ3) is 3.68. The summed E-state index contributed by atoms with van der Waals surface area (Å²) in [4.78, 5) is 9.93. The maximum atomic E-state index is 13.0. The van der Waals surface area contributed by atoms with E-state index in [9.17, 15) is 14.0 Å². The van der Waals surface area contributed by atoms with Gasteiger partial charge in [0.25, 0.3) is 6.43 Å². The quantitative estimate of drug-likeness (QED) is 0.825. The summed E-state index contributed by atoms with van der Waals surface area (Å²) in [6, 6.07) is 5.08. The van der Waals surface area contributed by atoms with Crippen molar-refractivity contribution in [2.45, 2.75) is 31.4 Å². The molecule has 1 aliphatic heterocycles. The molecule has 126 valence electrons. The van der Waals surface area contributed by atoms with E-state index in [1.165, 1.54) is 5.51 Å². The molecule has 0 N–H and O–H groups in total. The van der Waals surface area contributed by atoms with Crippen LogP contribution in [0.5, 0.6) is 5.75 Å². The van der Waals surface area contributed by atoms with Crippen LogP contribution in [0.2, 0.25) is 0 Å². The van der Waals surface area contributed by atoms with Crippen molar-refractivity contribution in [3.63, 3.8) is 0 Å². The van der Waals surface area contributed by atoms with Crippen molar-refractivity contribution in [3.8, 4) is 11.8 Å². The second-order valence-corrected chi connectivity index (χ2v) is 6.36. The maximum absolute atomic E-state index is 13.0. The van der Waals surface area contributed by atoms with Crippen molar-refractivity contribution in [2.24, 2.45) is 0 Å². The fraction of sp³-hybridized carbons (Fsp3) is 0.438. The van der Waals surface area contributed by atoms with Crippen LogP contribution < -0.4 is 4.74 Å². The lowest BCUT2D eigenvalue weighted by atomic mass is 10.0. The van der Waals surface area contributed by atoms with Crippen molar-refractivity contribution in [1.29, 1.82) is 5.26 Å². The van der Waals surface area contributed by atoms with Gasteiger partial charge >= 0.3 is 0 Å². The topological polar surface area (TPSA) is 62.0 Å². The molecule has 0 bridgehead atoms. The molecule has 2 aromatic heterocycles. The van der Waals surface area contributed by atoms with Crippen LogP contribution in [0.25, 0.3) is 0 Å². The first-order valence-electron chi connectivity index (χ1n) is 7.61. The molecule has 0 radical (unpaired) electrons. The van der Waals surface area contributed by atoms with E-state index in [4.69, 9.17) is 4.74 Å². The fourth-order valence-electron chi connectivity index (χ4n) is 2.80. The molecule has 0 aliphatic carbocycles. The Morgan fingerprint density at radius 1 is 1.29 bits per heavy atom. The SMILES string of the molecule is N#CC(c1scnc1C(F)F)N1CCC(Oc2ccncc2)CC1. The third-order valence-corrected chi connectivity index (χ3v) is 4.89. The first kappa shape index (κ1) is 16.7. The van der Waals surface area contributed by atoms with E-state index in [1.807, 2.05) is 4.90 Å². The van der Waals surface area contributed by atoms with Gasteiger partial charge in [-0.2, -0.15) is 5.26 Å². The van der Waals surface area contributed by atoms with Crippen molar-refractivity contribution in [1.82, 2.24) is 14.9 Å². The largest absolute Gasteiger partial charge is 0.490 e. The van der Waals surface area contributed by atoms with Gasteiger partial charge in [0.1, 0.15) is 23.6 Å². The standard InChI is InChI=1S/C16H16F2N4OS/c17-16(18)14-15(24-10-21-14)13(9-19)22-7-3-12(4-8-22)23-11-1-5-20-6-2-11/h1-2,5-6,10,12-13,16H,3-4,7-8H2. The molecule has 1 unspecified atom stereocenters. The second kappa shape index (κ2) is 7.64. The Kier molecular flexibility index (Phi) is 5.33. The van der Waals surface area contributed by atoms with Crippen LogP contribution in [-0.2, 0) is 0 Å². The van der Waals surface area contributed by atoms with Gasteiger partial charge < -0.3 is 4.74 Å². The summed E-state index contributed by atoms with van der Waals surface area (Å²) in [7, 11) is 0. The molecule has 1 saturated heterocycles. The molecule has 24 heavy (non-hydrogen) atoms. The summed E-state index contributed by atoms with van der Waals surface area (Å²) < 4.78 is 31.9. The number of pyridine rings is 1. The summed E-state index contributed by atoms with van der Waals surface area (Å²) in [5.74, 6) is 0.766. The summed E-state index contributed by atoms with van der Waals surface area (Å²) in [5.41, 5.74) is 1.10. The third-order valence-electron chi connectivity index (χ3n) is 4.00. The number of alkyl halides is 2. The van der Waals surface area contributed by atoms with Crippen molar-refractivity contribution >= 4 is 11.3 Å². The van der Waals surface area contributed by atoms with Gasteiger partial charge in [0.05, 0.1) is 16.5 Å². The number of likely N-dealkylation sites (tertiary alicyclic amines) is 1. The van der Waals surface area contributed by atoms with Crippen molar-refractivity contribution in [2.75, 3.05) is 13.1 Å². The van der Waals surface area contributed by atoms with Crippen LogP contribution >= 0.6 is 11.3 Å². The summed E-state index contributed by atoms with van der Waals surface area (Å²) in [5, 5.41) is 9.46. The van der Waals surface area contributed by atoms with Crippen LogP contribution in [0.15, 0.2) is 30.0 Å². The molecule has 1 aliphatic rings. The number of ether oxygens (including phenoxy) is 1. The zero-order valence-electron chi connectivity index (χ0n) is 12.8. The Balaban J connectivity index is 1.63. The van der Waals surface area contributed by atoms with Crippen molar-refractivity contribution < 1.29 is 13.5 Å². The molecule has 1 atom stereocenters. The van der Waals surface area contributed by atoms with Gasteiger partial charge in [-0.1, -0.05) is 0 Å². The van der Waals surface area contributed by atoms with Crippen LogP contribution in [0.1, 0.15) is 35.9 Å². The van der Waals surface area contributed by atoms with Gasteiger partial charge in [-0.25, -0.2) is 13.8 Å². The number of aromatic nitrogens is 2. The van der Waals surface area contributed by atoms with E-state index in [1.54, 1.807) is 24.5 Å². The highest BCUT2D eigenvalue weighted by molar-refractivity contribution is 7.09. The Morgan fingerprint density at radius 2 is 2.00 bits per heavy atom. The first-order valence-corrected chi connectivity index (χ1v) is 8.48. The highest BCUT2D eigenvalue weighted by atomic mass is 32.1. The molecule has 5 nitrogen and oxygen atoms in total. The van der Waals surface area contributed by atoms with Gasteiger partial charge in [0.2, 0.25) is 0 Å². The first-order chi connectivity index (χ1) is 11.7. The summed E-state index contributed by atoms with van der Waals surface area (Å²) in [6.45, 7) is 1.24. The number of nitriles is 1. The Morgan fingerprint density at radius 3 is 2.62 bits per heavy atom. The number of nitrogens with zero attached hydrogens (tertiary/aromatic N) is 4. The molecular formula is C16H16F2N4OS. The van der Waals surface area contributed by atoms with E-state index in [0.717, 1.165) is 29.9 Å². The molecule has 2 aromatic rings. The minimum atomic E-state index is -2.66. The Hall–Kier alpha value is -2.11. The van der Waals surface area contributed by atoms with E-state index in [-0.39, 0.29) is 11.8 Å². The lowest BCUT2D eigenvalue weighted by Crippen LogP contribution is -2.40. The lowest BCUT2D eigenvalue weighted by molar-refractivity contribution is 0.0865. The average Bonchev–Trinajstić information content (AvgIpc) is 3.08. The van der Waals surface area contributed by atoms with Crippen molar-refractivity contribution in [3.05, 3.63) is 40.6 Å². The predicted molar refractivity (Wildman–Crippen MR) is 84.9 cm³/mol. The number of hydrogen-bond acceptors (Lipinski definition) is 6. The molecule has 3 heterocycles. The second-order valence-electron chi connectivity index (χ2n) is 5.47. The van der Waals surface area contributed by atoms with Crippen LogP contribution in [0.3, 0.4) is 0 Å². The smallest absolute Gasteiger partial charge is 0.281 e. The van der Waals surface area contributed by atoms with Crippen LogP contribution in [-0.4, -0.2) is 34.1 Å². The van der Waals surface area contributed by atoms with Crippen LogP contribution in [0, 0.1) is 11.3 Å². The highest BCUT2D eigenvalue weighted by Gasteiger charge is 2.31. The van der Waals surface area contributed by atoms with Gasteiger partial charge in [-0.05, 0) is 25.0 Å². The maximum Gasteiger partial charge on any atom is 0.281 e. The number of rotatable bonds is 5. The number of halogens is 2. The lowest BCUT2D eigenvalue weighted by Gasteiger charge is -2.34. The number of hydrogen-bond donors (Lipinski definition) is 0. The molecular weight excluding hydrogens is 334 g/mol. The van der Waals surface area contributed by atoms with E-state index in [0.29, 0.717) is 18.0 Å². The van der Waals surface area contributed by atoms with Gasteiger partial charge in [0, 0.05) is 25.5 Å². The number of thiazole rings is 1. The monoisotopic (exact) mass is 350 g/mol. The Labute approximate surface area is 142 Å². The zero-order valence-corrected chi connectivity index (χ0v) is 13.6. The molecule has 8 heteroatoms. The Bertz CT molecular complexity index is 696. The predicted octanol–water partition coefficient (Wildman–Crippen LogP) is 3.58. The minimum Gasteiger partial charge on any atom is -0.490 e. The summed E-state index contributed by atoms with van der Waals surface area (Å²) in [6.07, 6.45) is 2.22. The normalized spacial score (nSPS) is 17.6. The highest BCUT2D eigenvalue weighted by Crippen LogP contribution is 2.34. The minimum absolute atomic E-state index is 0.0547. The zero-order chi connectivity index (χ0) is 16.9. The molecule has 0 aromatic carbocycles. The van der Waals surface area contributed by atoms with Gasteiger partial charge in [0.15, 0.2) is 0 Å². The van der Waals surface area contributed by atoms with Gasteiger partial charge in [-0.3, -0.25) is 9.88 Å². The van der Waals surface area contributed by atoms with E-state index in [2.05, 4.69) is 16.0 Å². The average molecular weight is 350 g/mol. The molecule has 0 saturated carbocycles. The van der Waals surface area contributed by atoms with Crippen LogP contribution in [0.4, 0.5) is 8.78 Å². The molecule has 3 rings (SSSR count). The van der Waals surface area contributed by atoms with E-state index < -0.39 is 12.5 Å². The number of piperidine rings is 1. The summed E-state index contributed by atoms with van der Waals surface area (Å²) >= 11 is 1.11. The van der Waals surface area contributed by atoms with Gasteiger partial charge in [-0.15, -0.1) is 11.3 Å². The van der Waals surface area contributed by atoms with E-state index >= 15 is 0 Å².